The third-order valence-corrected chi connectivity index (χ3v) is 1.30. The van der Waals surface area contributed by atoms with Crippen LogP contribution in [0, 0.1) is 0 Å². The molecular weight excluding hydrogens is 116 g/mol. The van der Waals surface area contributed by atoms with Crippen LogP contribution in [0.15, 0.2) is 4.63 Å². The van der Waals surface area contributed by atoms with E-state index >= 15 is 0 Å². The Bertz CT molecular complexity index is 164. The second-order valence-electron chi connectivity index (χ2n) is 1.86. The molecule has 1 rings (SSSR count). The van der Waals surface area contributed by atoms with Gasteiger partial charge in [-0.15, -0.1) is 0 Å². The molecule has 0 saturated carbocycles. The fourth-order valence-electron chi connectivity index (χ4n) is 0.762. The molecule has 0 N–H and O–H groups in total. The summed E-state index contributed by atoms with van der Waals surface area (Å²) in [4.78, 5) is 0. The van der Waals surface area contributed by atoms with Crippen LogP contribution in [-0.4, -0.2) is 10.3 Å². The summed E-state index contributed by atoms with van der Waals surface area (Å²) in [6, 6.07) is 0. The van der Waals surface area contributed by atoms with Crippen LogP contribution >= 0.6 is 0 Å². The SMILES string of the molecule is CCc1nonc1CC. The third kappa shape index (κ3) is 1.09. The summed E-state index contributed by atoms with van der Waals surface area (Å²) in [6.07, 6.45) is 1.82. The van der Waals surface area contributed by atoms with Gasteiger partial charge in [0.25, 0.3) is 0 Å². The molecule has 0 amide bonds. The summed E-state index contributed by atoms with van der Waals surface area (Å²) in [6.45, 7) is 4.08. The highest BCUT2D eigenvalue weighted by Gasteiger charge is 2.02. The fraction of sp³-hybridized carbons (Fsp3) is 0.667. The summed E-state index contributed by atoms with van der Waals surface area (Å²) in [5, 5.41) is 7.44. The smallest absolute Gasteiger partial charge is 0.108 e. The van der Waals surface area contributed by atoms with Gasteiger partial charge in [-0.3, -0.25) is 0 Å². The van der Waals surface area contributed by atoms with Crippen molar-refractivity contribution in [3.63, 3.8) is 0 Å². The van der Waals surface area contributed by atoms with Gasteiger partial charge in [-0.05, 0) is 12.8 Å². The van der Waals surface area contributed by atoms with E-state index in [4.69, 9.17) is 0 Å². The number of hydrogen-bond acceptors (Lipinski definition) is 3. The van der Waals surface area contributed by atoms with Crippen LogP contribution in [0.25, 0.3) is 0 Å². The zero-order valence-corrected chi connectivity index (χ0v) is 5.72. The lowest BCUT2D eigenvalue weighted by atomic mass is 10.2. The Balaban J connectivity index is 2.85. The highest BCUT2D eigenvalue weighted by Crippen LogP contribution is 2.02. The van der Waals surface area contributed by atoms with Crippen molar-refractivity contribution in [1.29, 1.82) is 0 Å². The molecule has 3 heteroatoms. The Morgan fingerprint density at radius 2 is 1.56 bits per heavy atom. The molecule has 9 heavy (non-hydrogen) atoms. The lowest BCUT2D eigenvalue weighted by Crippen LogP contribution is -1.87. The van der Waals surface area contributed by atoms with E-state index in [1.165, 1.54) is 0 Å². The Hall–Kier alpha value is -0.860. The normalized spacial score (nSPS) is 10.0. The predicted octanol–water partition coefficient (Wildman–Crippen LogP) is 1.19. The Morgan fingerprint density at radius 3 is 1.89 bits per heavy atom. The van der Waals surface area contributed by atoms with Crippen LogP contribution in [-0.2, 0) is 12.8 Å². The maximum Gasteiger partial charge on any atom is 0.108 e. The van der Waals surface area contributed by atoms with E-state index in [-0.39, 0.29) is 0 Å². The Labute approximate surface area is 54.0 Å². The zero-order valence-electron chi connectivity index (χ0n) is 5.72. The maximum atomic E-state index is 4.53. The molecule has 0 aliphatic rings. The quantitative estimate of drug-likeness (QED) is 0.597. The number of aromatic nitrogens is 2. The molecule has 0 fully saturated rings. The first kappa shape index (κ1) is 6.26. The van der Waals surface area contributed by atoms with Crippen molar-refractivity contribution in [2.75, 3.05) is 0 Å². The minimum atomic E-state index is 0.909. The summed E-state index contributed by atoms with van der Waals surface area (Å²) in [7, 11) is 0. The molecule has 0 atom stereocenters. The van der Waals surface area contributed by atoms with E-state index in [1.807, 2.05) is 13.8 Å². The van der Waals surface area contributed by atoms with Crippen LogP contribution in [0.5, 0.6) is 0 Å². The number of hydrogen-bond donors (Lipinski definition) is 0. The minimum absolute atomic E-state index is 0.909. The molecule has 0 radical (unpaired) electrons. The van der Waals surface area contributed by atoms with Gasteiger partial charge < -0.3 is 0 Å². The highest BCUT2D eigenvalue weighted by molar-refractivity contribution is 5.05. The van der Waals surface area contributed by atoms with Crippen molar-refractivity contribution >= 4 is 0 Å². The molecule has 0 bridgehead atoms. The molecule has 0 aliphatic carbocycles. The molecule has 0 aromatic carbocycles. The first-order valence-electron chi connectivity index (χ1n) is 3.18. The van der Waals surface area contributed by atoms with E-state index < -0.39 is 0 Å². The number of rotatable bonds is 2. The topological polar surface area (TPSA) is 38.9 Å². The van der Waals surface area contributed by atoms with Gasteiger partial charge in [0.15, 0.2) is 0 Å². The van der Waals surface area contributed by atoms with Crippen molar-refractivity contribution in [2.24, 2.45) is 0 Å². The number of aryl methyl sites for hydroxylation is 2. The molecule has 0 spiro atoms. The summed E-state index contributed by atoms with van der Waals surface area (Å²) in [5.74, 6) is 0. The van der Waals surface area contributed by atoms with Gasteiger partial charge in [0, 0.05) is 0 Å². The molecule has 1 aromatic rings. The average Bonchev–Trinajstić information content (AvgIpc) is 2.33. The van der Waals surface area contributed by atoms with Gasteiger partial charge in [-0.1, -0.05) is 24.2 Å². The van der Waals surface area contributed by atoms with Gasteiger partial charge in [0.05, 0.1) is 0 Å². The second-order valence-corrected chi connectivity index (χ2v) is 1.86. The number of nitrogens with zero attached hydrogens (tertiary/aromatic N) is 2. The van der Waals surface area contributed by atoms with E-state index in [0.717, 1.165) is 24.2 Å². The van der Waals surface area contributed by atoms with Crippen molar-refractivity contribution in [2.45, 2.75) is 26.7 Å². The van der Waals surface area contributed by atoms with Crippen molar-refractivity contribution < 1.29 is 4.63 Å². The van der Waals surface area contributed by atoms with Crippen LogP contribution < -0.4 is 0 Å². The molecule has 50 valence electrons. The molecular formula is C6H10N2O. The van der Waals surface area contributed by atoms with E-state index in [1.54, 1.807) is 0 Å². The van der Waals surface area contributed by atoms with Gasteiger partial charge >= 0.3 is 0 Å². The Morgan fingerprint density at radius 1 is 1.11 bits per heavy atom. The van der Waals surface area contributed by atoms with Crippen LogP contribution in [0.3, 0.4) is 0 Å². The lowest BCUT2D eigenvalue weighted by molar-refractivity contribution is 0.300. The summed E-state index contributed by atoms with van der Waals surface area (Å²) < 4.78 is 4.53. The molecule has 0 unspecified atom stereocenters. The molecule has 1 heterocycles. The summed E-state index contributed by atoms with van der Waals surface area (Å²) in [5.41, 5.74) is 1.97. The minimum Gasteiger partial charge on any atom is -0.244 e. The van der Waals surface area contributed by atoms with Crippen LogP contribution in [0.4, 0.5) is 0 Å². The third-order valence-electron chi connectivity index (χ3n) is 1.30. The second kappa shape index (κ2) is 2.62. The standard InChI is InChI=1S/C6H10N2O/c1-3-5-6(4-2)8-9-7-5/h3-4H2,1-2H3. The van der Waals surface area contributed by atoms with Crippen LogP contribution in [0.2, 0.25) is 0 Å². The largest absolute Gasteiger partial charge is 0.244 e. The van der Waals surface area contributed by atoms with E-state index in [0.29, 0.717) is 0 Å². The fourth-order valence-corrected chi connectivity index (χ4v) is 0.762. The molecule has 1 aromatic heterocycles. The lowest BCUT2D eigenvalue weighted by Gasteiger charge is -1.85. The van der Waals surface area contributed by atoms with E-state index in [9.17, 15) is 0 Å². The monoisotopic (exact) mass is 126 g/mol. The first-order valence-corrected chi connectivity index (χ1v) is 3.18. The molecule has 0 saturated heterocycles. The average molecular weight is 126 g/mol. The van der Waals surface area contributed by atoms with Gasteiger partial charge in [0.1, 0.15) is 11.4 Å². The van der Waals surface area contributed by atoms with E-state index in [2.05, 4.69) is 14.9 Å². The van der Waals surface area contributed by atoms with Gasteiger partial charge in [-0.25, -0.2) is 4.63 Å². The first-order chi connectivity index (χ1) is 4.38. The van der Waals surface area contributed by atoms with Crippen molar-refractivity contribution in [1.82, 2.24) is 10.3 Å². The highest BCUT2D eigenvalue weighted by atomic mass is 16.6. The zero-order chi connectivity index (χ0) is 6.69. The van der Waals surface area contributed by atoms with Gasteiger partial charge in [-0.2, -0.15) is 0 Å². The molecule has 0 aliphatic heterocycles. The summed E-state index contributed by atoms with van der Waals surface area (Å²) >= 11 is 0. The van der Waals surface area contributed by atoms with Gasteiger partial charge in [0.2, 0.25) is 0 Å². The van der Waals surface area contributed by atoms with Crippen LogP contribution in [0.1, 0.15) is 25.2 Å². The predicted molar refractivity (Wildman–Crippen MR) is 33.1 cm³/mol. The van der Waals surface area contributed by atoms with Crippen molar-refractivity contribution in [3.05, 3.63) is 11.4 Å². The maximum absolute atomic E-state index is 4.53. The molecule has 3 nitrogen and oxygen atoms in total. The van der Waals surface area contributed by atoms with Crippen molar-refractivity contribution in [3.8, 4) is 0 Å². The Kier molecular flexibility index (Phi) is 1.82.